The third kappa shape index (κ3) is 7.71. The fraction of sp³-hybridized carbons (Fsp3) is 0.257. The van der Waals surface area contributed by atoms with Gasteiger partial charge >= 0.3 is 0 Å². The molecular formula is C35H34F2N2O4. The molecule has 0 aliphatic carbocycles. The van der Waals surface area contributed by atoms with Gasteiger partial charge in [-0.05, 0) is 65.9 Å². The van der Waals surface area contributed by atoms with Crippen LogP contribution in [0.3, 0.4) is 0 Å². The number of carbonyl (C=O) groups is 2. The highest BCUT2D eigenvalue weighted by Gasteiger charge is 2.23. The molecule has 0 aliphatic heterocycles. The second-order valence-electron chi connectivity index (χ2n) is 10.8. The van der Waals surface area contributed by atoms with Crippen molar-refractivity contribution in [3.8, 4) is 0 Å². The van der Waals surface area contributed by atoms with Crippen LogP contribution >= 0.6 is 0 Å². The minimum atomic E-state index is -1.06. The first kappa shape index (κ1) is 30.1. The zero-order chi connectivity index (χ0) is 30.3. The fourth-order valence-corrected chi connectivity index (χ4v) is 5.28. The van der Waals surface area contributed by atoms with Crippen molar-refractivity contribution in [2.75, 3.05) is 6.54 Å². The number of nitrogens with one attached hydrogen (secondary N) is 2. The number of Topliss-reactive ketones (excluding diaryl/α,β-unsaturated/α-hetero) is 1. The Hall–Kier alpha value is -4.40. The summed E-state index contributed by atoms with van der Waals surface area (Å²) >= 11 is 0. The van der Waals surface area contributed by atoms with Crippen molar-refractivity contribution in [3.63, 3.8) is 0 Å². The topological polar surface area (TPSA) is 91.6 Å². The van der Waals surface area contributed by atoms with E-state index in [2.05, 4.69) is 23.6 Å². The number of aryl methyl sites for hydroxylation is 1. The van der Waals surface area contributed by atoms with E-state index in [1.807, 2.05) is 42.5 Å². The standard InChI is InChI=1S/C35H34F2N2O4/c1-2-22-6-5-7-23(14-22)20-38-21-32(41)30(17-24-15-26(36)19-27(37)16-24)39-35(42)13-11-31(40)25-10-12-34-29(18-25)28-8-3-4-9-33(28)43-34/h3-10,12,14-16,18-19,30,32,38,41H,2,11,13,17,20-21H2,1H3,(H,39,42)/t30-,32+/m0/s1. The van der Waals surface area contributed by atoms with Crippen molar-refractivity contribution >= 4 is 33.6 Å². The van der Waals surface area contributed by atoms with Crippen LogP contribution in [0.5, 0.6) is 0 Å². The maximum atomic E-state index is 13.9. The molecule has 2 atom stereocenters. The normalized spacial score (nSPS) is 12.8. The van der Waals surface area contributed by atoms with Gasteiger partial charge in [-0.3, -0.25) is 9.59 Å². The zero-order valence-corrected chi connectivity index (χ0v) is 23.9. The number of fused-ring (bicyclic) bond motifs is 3. The summed E-state index contributed by atoms with van der Waals surface area (Å²) in [5.41, 5.74) is 4.43. The molecule has 0 unspecified atom stereocenters. The van der Waals surface area contributed by atoms with E-state index in [0.717, 1.165) is 34.4 Å². The Labute approximate surface area is 248 Å². The van der Waals surface area contributed by atoms with Gasteiger partial charge < -0.3 is 20.2 Å². The van der Waals surface area contributed by atoms with Crippen molar-refractivity contribution in [2.45, 2.75) is 51.3 Å². The van der Waals surface area contributed by atoms with E-state index in [9.17, 15) is 23.5 Å². The monoisotopic (exact) mass is 584 g/mol. The summed E-state index contributed by atoms with van der Waals surface area (Å²) in [6.45, 7) is 2.72. The summed E-state index contributed by atoms with van der Waals surface area (Å²) < 4.78 is 33.6. The Bertz CT molecular complexity index is 1730. The number of para-hydroxylation sites is 1. The molecule has 3 N–H and O–H groups in total. The molecule has 6 nitrogen and oxygen atoms in total. The number of furan rings is 1. The van der Waals surface area contributed by atoms with Crippen LogP contribution in [0.15, 0.2) is 89.3 Å². The lowest BCUT2D eigenvalue weighted by Gasteiger charge is -2.25. The number of rotatable bonds is 13. The van der Waals surface area contributed by atoms with Crippen molar-refractivity contribution in [2.24, 2.45) is 0 Å². The van der Waals surface area contributed by atoms with Crippen LogP contribution in [-0.4, -0.2) is 35.5 Å². The number of benzene rings is 4. The lowest BCUT2D eigenvalue weighted by Crippen LogP contribution is -2.48. The van der Waals surface area contributed by atoms with Gasteiger partial charge in [-0.25, -0.2) is 8.78 Å². The molecule has 0 saturated heterocycles. The van der Waals surface area contributed by atoms with Gasteiger partial charge in [0.2, 0.25) is 5.91 Å². The zero-order valence-electron chi connectivity index (χ0n) is 23.9. The summed E-state index contributed by atoms with van der Waals surface area (Å²) in [5.74, 6) is -2.13. The molecule has 222 valence electrons. The van der Waals surface area contributed by atoms with Gasteiger partial charge in [-0.1, -0.05) is 49.4 Å². The molecule has 0 fully saturated rings. The van der Waals surface area contributed by atoms with Crippen molar-refractivity contribution in [3.05, 3.63) is 119 Å². The first-order valence-corrected chi connectivity index (χ1v) is 14.4. The van der Waals surface area contributed by atoms with Gasteiger partial charge in [0, 0.05) is 48.3 Å². The summed E-state index contributed by atoms with van der Waals surface area (Å²) in [5, 5.41) is 18.7. The highest BCUT2D eigenvalue weighted by atomic mass is 19.1. The smallest absolute Gasteiger partial charge is 0.220 e. The minimum absolute atomic E-state index is 0.00671. The van der Waals surface area contributed by atoms with Gasteiger partial charge in [-0.2, -0.15) is 0 Å². The third-order valence-electron chi connectivity index (χ3n) is 7.55. The summed E-state index contributed by atoms with van der Waals surface area (Å²) in [4.78, 5) is 26.0. The highest BCUT2D eigenvalue weighted by molar-refractivity contribution is 6.08. The van der Waals surface area contributed by atoms with E-state index in [-0.39, 0.29) is 31.6 Å². The summed E-state index contributed by atoms with van der Waals surface area (Å²) in [7, 11) is 0. The molecule has 0 spiro atoms. The van der Waals surface area contributed by atoms with E-state index in [1.165, 1.54) is 17.7 Å². The number of halogens is 2. The number of aliphatic hydroxyl groups excluding tert-OH is 1. The Morgan fingerprint density at radius 3 is 2.35 bits per heavy atom. The van der Waals surface area contributed by atoms with Gasteiger partial charge in [0.25, 0.3) is 0 Å². The predicted molar refractivity (Wildman–Crippen MR) is 163 cm³/mol. The van der Waals surface area contributed by atoms with Crippen LogP contribution < -0.4 is 10.6 Å². The first-order valence-electron chi connectivity index (χ1n) is 14.4. The second kappa shape index (κ2) is 13.7. The molecular weight excluding hydrogens is 550 g/mol. The molecule has 43 heavy (non-hydrogen) atoms. The highest BCUT2D eigenvalue weighted by Crippen LogP contribution is 2.29. The summed E-state index contributed by atoms with van der Waals surface area (Å²) in [6.07, 6.45) is -0.298. The average Bonchev–Trinajstić information content (AvgIpc) is 3.37. The first-order chi connectivity index (χ1) is 20.8. The van der Waals surface area contributed by atoms with Crippen LogP contribution in [0.25, 0.3) is 21.9 Å². The summed E-state index contributed by atoms with van der Waals surface area (Å²) in [6, 6.07) is 23.1. The van der Waals surface area contributed by atoms with Crippen LogP contribution in [0.2, 0.25) is 0 Å². The largest absolute Gasteiger partial charge is 0.456 e. The number of hydrogen-bond acceptors (Lipinski definition) is 5. The molecule has 0 bridgehead atoms. The van der Waals surface area contributed by atoms with E-state index in [0.29, 0.717) is 23.3 Å². The van der Waals surface area contributed by atoms with Gasteiger partial charge in [0.15, 0.2) is 5.78 Å². The van der Waals surface area contributed by atoms with Crippen LogP contribution in [0.4, 0.5) is 8.78 Å². The lowest BCUT2D eigenvalue weighted by atomic mass is 9.99. The molecule has 1 heterocycles. The van der Waals surface area contributed by atoms with Gasteiger partial charge in [0.1, 0.15) is 22.8 Å². The predicted octanol–water partition coefficient (Wildman–Crippen LogP) is 6.27. The SMILES string of the molecule is CCc1cccc(CNC[C@@H](O)[C@H](Cc2cc(F)cc(F)c2)NC(=O)CCC(=O)c2ccc3oc4ccccc4c3c2)c1. The number of carbonyl (C=O) groups excluding carboxylic acids is 2. The van der Waals surface area contributed by atoms with Gasteiger partial charge in [-0.15, -0.1) is 0 Å². The number of amides is 1. The minimum Gasteiger partial charge on any atom is -0.456 e. The van der Waals surface area contributed by atoms with Crippen LogP contribution in [0, 0.1) is 11.6 Å². The number of aliphatic hydroxyl groups is 1. The molecule has 1 amide bonds. The quantitative estimate of drug-likeness (QED) is 0.142. The lowest BCUT2D eigenvalue weighted by molar-refractivity contribution is -0.122. The third-order valence-corrected chi connectivity index (χ3v) is 7.55. The Morgan fingerprint density at radius 1 is 0.814 bits per heavy atom. The Kier molecular flexibility index (Phi) is 9.59. The molecule has 4 aromatic carbocycles. The van der Waals surface area contributed by atoms with E-state index in [1.54, 1.807) is 18.2 Å². The number of ketones is 1. The molecule has 0 saturated carbocycles. The van der Waals surface area contributed by atoms with Crippen molar-refractivity contribution in [1.29, 1.82) is 0 Å². The van der Waals surface area contributed by atoms with E-state index >= 15 is 0 Å². The van der Waals surface area contributed by atoms with Crippen molar-refractivity contribution < 1.29 is 27.9 Å². The maximum absolute atomic E-state index is 13.9. The fourth-order valence-electron chi connectivity index (χ4n) is 5.28. The van der Waals surface area contributed by atoms with Crippen LogP contribution in [-0.2, 0) is 24.2 Å². The molecule has 5 aromatic rings. The second-order valence-corrected chi connectivity index (χ2v) is 10.8. The molecule has 0 aliphatic rings. The average molecular weight is 585 g/mol. The van der Waals surface area contributed by atoms with E-state index in [4.69, 9.17) is 4.42 Å². The van der Waals surface area contributed by atoms with Crippen molar-refractivity contribution in [1.82, 2.24) is 10.6 Å². The van der Waals surface area contributed by atoms with Crippen LogP contribution in [0.1, 0.15) is 46.8 Å². The molecule has 5 rings (SSSR count). The molecule has 1 aromatic heterocycles. The van der Waals surface area contributed by atoms with E-state index < -0.39 is 29.7 Å². The van der Waals surface area contributed by atoms with Gasteiger partial charge in [0.05, 0.1) is 12.1 Å². The maximum Gasteiger partial charge on any atom is 0.220 e. The molecule has 0 radical (unpaired) electrons. The Balaban J connectivity index is 1.22. The molecule has 8 heteroatoms. The number of hydrogen-bond donors (Lipinski definition) is 3. The Morgan fingerprint density at radius 2 is 1.56 bits per heavy atom.